The minimum absolute atomic E-state index is 0.0975. The van der Waals surface area contributed by atoms with E-state index in [1.807, 2.05) is 6.92 Å². The summed E-state index contributed by atoms with van der Waals surface area (Å²) < 4.78 is 25.7. The molecule has 0 spiro atoms. The minimum Gasteiger partial charge on any atom is -0.211 e. The quantitative estimate of drug-likeness (QED) is 0.366. The maximum atomic E-state index is 11.7. The molecule has 0 radical (unpaired) electrons. The molecule has 0 aliphatic heterocycles. The molecule has 16 heavy (non-hydrogen) atoms. The molecule has 0 aromatic heterocycles. The summed E-state index contributed by atoms with van der Waals surface area (Å²) in [6.07, 6.45) is 0. The molecule has 1 aromatic rings. The first kappa shape index (κ1) is 12.5. The molecule has 1 rings (SSSR count). The van der Waals surface area contributed by atoms with Gasteiger partial charge in [0, 0.05) is 18.0 Å². The van der Waals surface area contributed by atoms with Gasteiger partial charge in [0.1, 0.15) is 0 Å². The molecule has 0 saturated carbocycles. The Labute approximate surface area is 94.0 Å². The Bertz CT molecular complexity index is 489. The second kappa shape index (κ2) is 5.50. The van der Waals surface area contributed by atoms with E-state index in [4.69, 9.17) is 5.53 Å². The summed E-state index contributed by atoms with van der Waals surface area (Å²) >= 11 is 0. The second-order valence-electron chi connectivity index (χ2n) is 3.17. The highest BCUT2D eigenvalue weighted by Crippen LogP contribution is 2.09. The lowest BCUT2D eigenvalue weighted by Gasteiger charge is -2.05. The van der Waals surface area contributed by atoms with E-state index in [0.717, 1.165) is 5.56 Å². The summed E-state index contributed by atoms with van der Waals surface area (Å²) in [5, 5.41) is 3.24. The summed E-state index contributed by atoms with van der Waals surface area (Å²) in [5.74, 6) is 0. The number of hydrogen-bond donors (Lipinski definition) is 1. The van der Waals surface area contributed by atoms with Crippen molar-refractivity contribution >= 4 is 10.0 Å². The minimum atomic E-state index is -3.49. The van der Waals surface area contributed by atoms with Crippen molar-refractivity contribution in [2.24, 2.45) is 5.11 Å². The van der Waals surface area contributed by atoms with Gasteiger partial charge in [0.05, 0.1) is 4.90 Å². The first-order chi connectivity index (χ1) is 7.56. The highest BCUT2D eigenvalue weighted by atomic mass is 32.2. The van der Waals surface area contributed by atoms with Crippen LogP contribution < -0.4 is 4.72 Å². The number of nitrogens with one attached hydrogen (secondary N) is 1. The zero-order valence-electron chi connectivity index (χ0n) is 8.79. The number of benzene rings is 1. The monoisotopic (exact) mass is 240 g/mol. The fourth-order valence-corrected chi connectivity index (χ4v) is 2.10. The molecule has 0 atom stereocenters. The highest BCUT2D eigenvalue weighted by Gasteiger charge is 2.11. The topological polar surface area (TPSA) is 94.9 Å². The number of sulfonamides is 1. The van der Waals surface area contributed by atoms with Crippen molar-refractivity contribution in [2.45, 2.75) is 11.8 Å². The van der Waals surface area contributed by atoms with E-state index in [1.54, 1.807) is 12.1 Å². The molecule has 0 unspecified atom stereocenters. The van der Waals surface area contributed by atoms with Crippen molar-refractivity contribution in [3.63, 3.8) is 0 Å². The average Bonchev–Trinajstić information content (AvgIpc) is 2.25. The number of rotatable bonds is 5. The zero-order chi connectivity index (χ0) is 12.0. The van der Waals surface area contributed by atoms with Crippen LogP contribution in [0, 0.1) is 6.92 Å². The van der Waals surface area contributed by atoms with Crippen LogP contribution in [-0.2, 0) is 10.0 Å². The molecule has 0 aliphatic carbocycles. The molecular weight excluding hydrogens is 228 g/mol. The number of aryl methyl sites for hydroxylation is 1. The largest absolute Gasteiger partial charge is 0.240 e. The fourth-order valence-electron chi connectivity index (χ4n) is 1.08. The fraction of sp³-hybridized carbons (Fsp3) is 0.333. The van der Waals surface area contributed by atoms with Crippen molar-refractivity contribution < 1.29 is 8.42 Å². The standard InChI is InChI=1S/C9H12N4O2S/c1-8-2-4-9(5-3-8)16(14,15)12-7-6-11-13-10/h2-5,12H,6-7H2,1H3. The van der Waals surface area contributed by atoms with Crippen LogP contribution in [-0.4, -0.2) is 21.5 Å². The number of azide groups is 1. The van der Waals surface area contributed by atoms with E-state index in [-0.39, 0.29) is 18.0 Å². The van der Waals surface area contributed by atoms with E-state index >= 15 is 0 Å². The van der Waals surface area contributed by atoms with E-state index in [0.29, 0.717) is 0 Å². The predicted octanol–water partition coefficient (Wildman–Crippen LogP) is 1.58. The van der Waals surface area contributed by atoms with E-state index in [1.165, 1.54) is 12.1 Å². The predicted molar refractivity (Wildman–Crippen MR) is 60.4 cm³/mol. The summed E-state index contributed by atoms with van der Waals surface area (Å²) in [6, 6.07) is 6.51. The Morgan fingerprint density at radius 2 is 2.00 bits per heavy atom. The van der Waals surface area contributed by atoms with Crippen LogP contribution in [0.4, 0.5) is 0 Å². The van der Waals surface area contributed by atoms with Crippen LogP contribution in [0.3, 0.4) is 0 Å². The van der Waals surface area contributed by atoms with Gasteiger partial charge in [-0.25, -0.2) is 13.1 Å². The lowest BCUT2D eigenvalue weighted by atomic mass is 10.2. The van der Waals surface area contributed by atoms with Crippen LogP contribution in [0.2, 0.25) is 0 Å². The maximum absolute atomic E-state index is 11.7. The van der Waals surface area contributed by atoms with Gasteiger partial charge in [-0.15, -0.1) is 0 Å². The summed E-state index contributed by atoms with van der Waals surface area (Å²) in [6.45, 7) is 2.08. The van der Waals surface area contributed by atoms with Crippen LogP contribution in [0.15, 0.2) is 34.3 Å². The first-order valence-electron chi connectivity index (χ1n) is 4.63. The summed E-state index contributed by atoms with van der Waals surface area (Å²) in [5.41, 5.74) is 9.02. The molecule has 6 nitrogen and oxygen atoms in total. The maximum Gasteiger partial charge on any atom is 0.240 e. The third-order valence-electron chi connectivity index (χ3n) is 1.90. The van der Waals surface area contributed by atoms with Gasteiger partial charge in [-0.3, -0.25) is 0 Å². The number of hydrogen-bond acceptors (Lipinski definition) is 3. The number of nitrogens with zero attached hydrogens (tertiary/aromatic N) is 3. The van der Waals surface area contributed by atoms with E-state index in [2.05, 4.69) is 14.7 Å². The third-order valence-corrected chi connectivity index (χ3v) is 3.38. The van der Waals surface area contributed by atoms with Crippen molar-refractivity contribution in [1.82, 2.24) is 4.72 Å². The smallest absolute Gasteiger partial charge is 0.211 e. The summed E-state index contributed by atoms with van der Waals surface area (Å²) in [7, 11) is -3.49. The average molecular weight is 240 g/mol. The van der Waals surface area contributed by atoms with Gasteiger partial charge < -0.3 is 0 Å². The first-order valence-corrected chi connectivity index (χ1v) is 6.12. The van der Waals surface area contributed by atoms with Gasteiger partial charge in [-0.2, -0.15) is 0 Å². The second-order valence-corrected chi connectivity index (χ2v) is 4.93. The van der Waals surface area contributed by atoms with E-state index in [9.17, 15) is 8.42 Å². The van der Waals surface area contributed by atoms with Crippen LogP contribution in [0.5, 0.6) is 0 Å². The molecule has 0 saturated heterocycles. The Morgan fingerprint density at radius 3 is 2.56 bits per heavy atom. The lowest BCUT2D eigenvalue weighted by molar-refractivity contribution is 0.582. The van der Waals surface area contributed by atoms with Crippen LogP contribution in [0.25, 0.3) is 10.4 Å². The zero-order valence-corrected chi connectivity index (χ0v) is 9.61. The van der Waals surface area contributed by atoms with Gasteiger partial charge >= 0.3 is 0 Å². The van der Waals surface area contributed by atoms with Gasteiger partial charge in [-0.1, -0.05) is 22.8 Å². The van der Waals surface area contributed by atoms with Gasteiger partial charge in [0.2, 0.25) is 10.0 Å². The molecular formula is C9H12N4O2S. The summed E-state index contributed by atoms with van der Waals surface area (Å²) in [4.78, 5) is 2.74. The van der Waals surface area contributed by atoms with Crippen molar-refractivity contribution in [1.29, 1.82) is 0 Å². The molecule has 0 bridgehead atoms. The van der Waals surface area contributed by atoms with Crippen molar-refractivity contribution in [2.75, 3.05) is 13.1 Å². The van der Waals surface area contributed by atoms with Gasteiger partial charge in [-0.05, 0) is 24.6 Å². The highest BCUT2D eigenvalue weighted by molar-refractivity contribution is 7.89. The molecule has 86 valence electrons. The molecule has 7 heteroatoms. The lowest BCUT2D eigenvalue weighted by Crippen LogP contribution is -2.26. The Hall–Kier alpha value is -1.56. The normalized spacial score (nSPS) is 10.8. The van der Waals surface area contributed by atoms with Crippen LogP contribution in [0.1, 0.15) is 5.56 Å². The molecule has 0 amide bonds. The third kappa shape index (κ3) is 3.54. The van der Waals surface area contributed by atoms with E-state index < -0.39 is 10.0 Å². The Kier molecular flexibility index (Phi) is 4.30. The molecule has 1 aromatic carbocycles. The molecule has 0 heterocycles. The van der Waals surface area contributed by atoms with Crippen molar-refractivity contribution in [3.05, 3.63) is 40.3 Å². The van der Waals surface area contributed by atoms with Gasteiger partial charge in [0.15, 0.2) is 0 Å². The Morgan fingerprint density at radius 1 is 1.38 bits per heavy atom. The Balaban J connectivity index is 2.70. The SMILES string of the molecule is Cc1ccc(S(=O)(=O)NCCN=[N+]=[N-])cc1. The van der Waals surface area contributed by atoms with Gasteiger partial charge in [0.25, 0.3) is 0 Å². The molecule has 1 N–H and O–H groups in total. The van der Waals surface area contributed by atoms with Crippen LogP contribution >= 0.6 is 0 Å². The molecule has 0 fully saturated rings. The molecule has 0 aliphatic rings. The van der Waals surface area contributed by atoms with Crippen molar-refractivity contribution in [3.8, 4) is 0 Å².